The lowest BCUT2D eigenvalue weighted by molar-refractivity contribution is -0.135. The van der Waals surface area contributed by atoms with E-state index in [4.69, 9.17) is 4.74 Å². The van der Waals surface area contributed by atoms with Crippen LogP contribution in [-0.2, 0) is 29.7 Å². The summed E-state index contributed by atoms with van der Waals surface area (Å²) in [5.41, 5.74) is 1.74. The normalized spacial score (nSPS) is 15.2. The molecule has 32 heavy (non-hydrogen) atoms. The Morgan fingerprint density at radius 2 is 1.91 bits per heavy atom. The van der Waals surface area contributed by atoms with Gasteiger partial charge in [0.05, 0.1) is 11.6 Å². The first kappa shape index (κ1) is 21.5. The maximum atomic E-state index is 13.9. The highest BCUT2D eigenvalue weighted by atomic mass is 19.1. The Balaban J connectivity index is 1.44. The molecule has 2 aromatic carbocycles. The zero-order valence-corrected chi connectivity index (χ0v) is 17.4. The topological polar surface area (TPSA) is 76.5 Å². The number of aromatic nitrogens is 2. The van der Waals surface area contributed by atoms with E-state index >= 15 is 0 Å². The second-order valence-corrected chi connectivity index (χ2v) is 7.59. The molecule has 1 unspecified atom stereocenters. The molecule has 1 atom stereocenters. The van der Waals surface area contributed by atoms with Crippen LogP contribution in [0, 0.1) is 11.6 Å². The van der Waals surface area contributed by atoms with Crippen LogP contribution >= 0.6 is 0 Å². The molecular formula is C23H22F2N4O3. The first-order chi connectivity index (χ1) is 15.4. The van der Waals surface area contributed by atoms with Crippen LogP contribution in [0.1, 0.15) is 22.7 Å². The average Bonchev–Trinajstić information content (AvgIpc) is 3.17. The molecule has 4 rings (SSSR count). The van der Waals surface area contributed by atoms with Crippen molar-refractivity contribution in [3.8, 4) is 5.75 Å². The van der Waals surface area contributed by atoms with Crippen LogP contribution in [0.3, 0.4) is 0 Å². The number of rotatable bonds is 6. The Morgan fingerprint density at radius 1 is 1.16 bits per heavy atom. The minimum absolute atomic E-state index is 0.0335. The summed E-state index contributed by atoms with van der Waals surface area (Å²) in [5, 5.41) is 7.15. The summed E-state index contributed by atoms with van der Waals surface area (Å²) >= 11 is 0. The molecule has 0 saturated heterocycles. The lowest BCUT2D eigenvalue weighted by Crippen LogP contribution is -2.45. The van der Waals surface area contributed by atoms with Crippen molar-refractivity contribution in [3.63, 3.8) is 0 Å². The monoisotopic (exact) mass is 440 g/mol. The molecule has 1 N–H and O–H groups in total. The van der Waals surface area contributed by atoms with Crippen molar-refractivity contribution in [2.24, 2.45) is 7.05 Å². The maximum absolute atomic E-state index is 13.9. The Labute approximate surface area is 183 Å². The zero-order valence-electron chi connectivity index (χ0n) is 17.4. The quantitative estimate of drug-likeness (QED) is 0.639. The molecule has 9 heteroatoms. The van der Waals surface area contributed by atoms with E-state index in [9.17, 15) is 18.4 Å². The number of nitrogens with zero attached hydrogens (tertiary/aromatic N) is 3. The molecule has 0 radical (unpaired) electrons. The highest BCUT2D eigenvalue weighted by Gasteiger charge is 2.35. The summed E-state index contributed by atoms with van der Waals surface area (Å²) in [6, 6.07) is 11.6. The van der Waals surface area contributed by atoms with Gasteiger partial charge >= 0.3 is 0 Å². The first-order valence-electron chi connectivity index (χ1n) is 10.1. The van der Waals surface area contributed by atoms with E-state index in [-0.39, 0.29) is 31.5 Å². The van der Waals surface area contributed by atoms with Crippen molar-refractivity contribution < 1.29 is 23.1 Å². The molecule has 2 heterocycles. The fraction of sp³-hybridized carbons (Fsp3) is 0.261. The smallest absolute Gasteiger partial charge is 0.260 e. The van der Waals surface area contributed by atoms with Crippen molar-refractivity contribution >= 4 is 11.8 Å². The molecular weight excluding hydrogens is 418 g/mol. The third kappa shape index (κ3) is 4.77. The predicted molar refractivity (Wildman–Crippen MR) is 112 cm³/mol. The molecule has 0 saturated carbocycles. The Morgan fingerprint density at radius 3 is 2.66 bits per heavy atom. The van der Waals surface area contributed by atoms with Crippen molar-refractivity contribution in [3.05, 3.63) is 83.2 Å². The summed E-state index contributed by atoms with van der Waals surface area (Å²) in [4.78, 5) is 27.2. The lowest BCUT2D eigenvalue weighted by atomic mass is 9.95. The highest BCUT2D eigenvalue weighted by molar-refractivity contribution is 5.86. The van der Waals surface area contributed by atoms with Gasteiger partial charge in [0.2, 0.25) is 5.91 Å². The number of ether oxygens (including phenoxy) is 1. The van der Waals surface area contributed by atoms with Gasteiger partial charge < -0.3 is 15.0 Å². The minimum Gasteiger partial charge on any atom is -0.484 e. The third-order valence-corrected chi connectivity index (χ3v) is 5.29. The standard InChI is InChI=1S/C23H22F2N4O3/c1-28-11-16-12-29(21(30)14-32-18-8-6-17(24)7-9-18)13-19(22(16)27-28)23(31)26-10-15-4-2-3-5-20(15)25/h2-9,11,19H,10,12-14H2,1H3,(H,26,31). The maximum Gasteiger partial charge on any atom is 0.260 e. The van der Waals surface area contributed by atoms with Crippen LogP contribution in [0.5, 0.6) is 5.75 Å². The molecule has 3 aromatic rings. The van der Waals surface area contributed by atoms with Gasteiger partial charge in [0.1, 0.15) is 17.4 Å². The molecule has 0 fully saturated rings. The SMILES string of the molecule is Cn1cc2c(n1)C(C(=O)NCc1ccccc1F)CN(C(=O)COc1ccc(F)cc1)C2. The fourth-order valence-corrected chi connectivity index (χ4v) is 3.66. The van der Waals surface area contributed by atoms with E-state index in [1.54, 1.807) is 36.1 Å². The molecule has 1 aliphatic rings. The largest absolute Gasteiger partial charge is 0.484 e. The number of halogens is 2. The van der Waals surface area contributed by atoms with Gasteiger partial charge in [-0.2, -0.15) is 5.10 Å². The Bertz CT molecular complexity index is 1130. The molecule has 7 nitrogen and oxygen atoms in total. The van der Waals surface area contributed by atoms with Crippen LogP contribution < -0.4 is 10.1 Å². The number of fused-ring (bicyclic) bond motifs is 1. The van der Waals surface area contributed by atoms with Crippen LogP contribution in [0.15, 0.2) is 54.7 Å². The number of carbonyl (C=O) groups is 2. The van der Waals surface area contributed by atoms with Crippen LogP contribution in [0.4, 0.5) is 8.78 Å². The Kier molecular flexibility index (Phi) is 6.16. The molecule has 1 aliphatic heterocycles. The first-order valence-corrected chi connectivity index (χ1v) is 10.1. The van der Waals surface area contributed by atoms with Crippen molar-refractivity contribution in [2.45, 2.75) is 19.0 Å². The molecule has 0 bridgehead atoms. The zero-order chi connectivity index (χ0) is 22.7. The van der Waals surface area contributed by atoms with E-state index in [0.717, 1.165) is 5.56 Å². The average molecular weight is 440 g/mol. The number of hydrogen-bond donors (Lipinski definition) is 1. The van der Waals surface area contributed by atoms with Gasteiger partial charge in [0.15, 0.2) is 6.61 Å². The highest BCUT2D eigenvalue weighted by Crippen LogP contribution is 2.27. The van der Waals surface area contributed by atoms with Gasteiger partial charge in [-0.15, -0.1) is 0 Å². The summed E-state index contributed by atoms with van der Waals surface area (Å²) in [5.74, 6) is -1.77. The molecule has 2 amide bonds. The van der Waals surface area contributed by atoms with E-state index in [0.29, 0.717) is 23.6 Å². The molecule has 166 valence electrons. The summed E-state index contributed by atoms with van der Waals surface area (Å²) < 4.78 is 34.0. The van der Waals surface area contributed by atoms with Gasteiger partial charge in [-0.05, 0) is 30.3 Å². The lowest BCUT2D eigenvalue weighted by Gasteiger charge is -2.31. The van der Waals surface area contributed by atoms with Crippen molar-refractivity contribution in [1.29, 1.82) is 0 Å². The summed E-state index contributed by atoms with van der Waals surface area (Å²) in [6.45, 7) is 0.210. The van der Waals surface area contributed by atoms with Gasteiger partial charge in [-0.1, -0.05) is 18.2 Å². The molecule has 1 aromatic heterocycles. The van der Waals surface area contributed by atoms with Gasteiger partial charge in [-0.3, -0.25) is 14.3 Å². The van der Waals surface area contributed by atoms with Gasteiger partial charge in [0.25, 0.3) is 5.91 Å². The number of hydrogen-bond acceptors (Lipinski definition) is 4. The van der Waals surface area contributed by atoms with Crippen LogP contribution in [-0.4, -0.2) is 39.6 Å². The number of carbonyl (C=O) groups excluding carboxylic acids is 2. The number of nitrogens with one attached hydrogen (secondary N) is 1. The number of aryl methyl sites for hydroxylation is 1. The van der Waals surface area contributed by atoms with Crippen molar-refractivity contribution in [2.75, 3.05) is 13.2 Å². The van der Waals surface area contributed by atoms with Crippen molar-refractivity contribution in [1.82, 2.24) is 20.0 Å². The number of amides is 2. The second kappa shape index (κ2) is 9.17. The van der Waals surface area contributed by atoms with E-state index in [1.165, 1.54) is 35.2 Å². The van der Waals surface area contributed by atoms with E-state index in [1.807, 2.05) is 0 Å². The minimum atomic E-state index is -0.693. The van der Waals surface area contributed by atoms with Gasteiger partial charge in [-0.25, -0.2) is 8.78 Å². The van der Waals surface area contributed by atoms with Crippen LogP contribution in [0.2, 0.25) is 0 Å². The Hall–Kier alpha value is -3.75. The van der Waals surface area contributed by atoms with Gasteiger partial charge in [0, 0.05) is 44.0 Å². The third-order valence-electron chi connectivity index (χ3n) is 5.29. The predicted octanol–water partition coefficient (Wildman–Crippen LogP) is 2.52. The molecule has 0 aliphatic carbocycles. The summed E-state index contributed by atoms with van der Waals surface area (Å²) in [6.07, 6.45) is 1.77. The fourth-order valence-electron chi connectivity index (χ4n) is 3.66. The molecule has 0 spiro atoms. The van der Waals surface area contributed by atoms with Crippen LogP contribution in [0.25, 0.3) is 0 Å². The number of benzene rings is 2. The summed E-state index contributed by atoms with van der Waals surface area (Å²) in [7, 11) is 1.75. The second-order valence-electron chi connectivity index (χ2n) is 7.59. The van der Waals surface area contributed by atoms with E-state index < -0.39 is 17.6 Å². The van der Waals surface area contributed by atoms with E-state index in [2.05, 4.69) is 10.4 Å².